The van der Waals surface area contributed by atoms with Gasteiger partial charge >= 0.3 is 0 Å². The van der Waals surface area contributed by atoms with Crippen molar-refractivity contribution in [3.63, 3.8) is 0 Å². The van der Waals surface area contributed by atoms with Crippen molar-refractivity contribution < 1.29 is 9.59 Å². The molecule has 0 amide bonds. The zero-order valence-electron chi connectivity index (χ0n) is 11.0. The highest BCUT2D eigenvalue weighted by molar-refractivity contribution is 6.02. The first kappa shape index (κ1) is 13.4. The maximum Gasteiger partial charge on any atom is 0.140 e. The first-order valence-corrected chi connectivity index (χ1v) is 6.36. The fourth-order valence-corrected chi connectivity index (χ4v) is 3.35. The Kier molecular flexibility index (Phi) is 4.28. The Morgan fingerprint density at radius 2 is 1.31 bits per heavy atom. The summed E-state index contributed by atoms with van der Waals surface area (Å²) in [6, 6.07) is 0. The molecule has 0 saturated heterocycles. The summed E-state index contributed by atoms with van der Waals surface area (Å²) in [7, 11) is 0. The van der Waals surface area contributed by atoms with E-state index in [1.807, 2.05) is 0 Å². The Balaban J connectivity index is 2.84. The van der Waals surface area contributed by atoms with Gasteiger partial charge in [-0.05, 0) is 30.1 Å². The van der Waals surface area contributed by atoms with E-state index in [4.69, 9.17) is 0 Å². The van der Waals surface area contributed by atoms with Crippen LogP contribution >= 0.6 is 0 Å². The molecular formula is C14H24O2. The lowest BCUT2D eigenvalue weighted by Crippen LogP contribution is -2.36. The van der Waals surface area contributed by atoms with Gasteiger partial charge in [-0.3, -0.25) is 9.59 Å². The quantitative estimate of drug-likeness (QED) is 0.686. The van der Waals surface area contributed by atoms with Gasteiger partial charge in [-0.2, -0.15) is 0 Å². The van der Waals surface area contributed by atoms with Crippen LogP contribution in [0.2, 0.25) is 0 Å². The molecule has 1 aliphatic carbocycles. The molecule has 0 N–H and O–H groups in total. The molecule has 0 aromatic rings. The minimum absolute atomic E-state index is 0.0330. The molecule has 0 aliphatic heterocycles. The summed E-state index contributed by atoms with van der Waals surface area (Å²) in [5.41, 5.74) is -0.0330. The minimum Gasteiger partial charge on any atom is -0.299 e. The molecular weight excluding hydrogens is 200 g/mol. The topological polar surface area (TPSA) is 34.1 Å². The van der Waals surface area contributed by atoms with E-state index in [-0.39, 0.29) is 23.4 Å². The van der Waals surface area contributed by atoms with Crippen LogP contribution in [-0.4, -0.2) is 11.6 Å². The van der Waals surface area contributed by atoms with Crippen molar-refractivity contribution in [3.05, 3.63) is 0 Å². The van der Waals surface area contributed by atoms with Gasteiger partial charge in [0.2, 0.25) is 0 Å². The number of rotatable bonds is 4. The van der Waals surface area contributed by atoms with E-state index in [2.05, 4.69) is 27.7 Å². The van der Waals surface area contributed by atoms with Gasteiger partial charge in [-0.25, -0.2) is 0 Å². The first-order chi connectivity index (χ1) is 7.33. The molecule has 0 heterocycles. The SMILES string of the molecule is CC(C)CC1(CC(C)C)CC(=O)CC(=O)C1. The number of hydrogen-bond donors (Lipinski definition) is 0. The van der Waals surface area contributed by atoms with E-state index < -0.39 is 0 Å². The van der Waals surface area contributed by atoms with Crippen LogP contribution < -0.4 is 0 Å². The fourth-order valence-electron chi connectivity index (χ4n) is 3.35. The number of Topliss-reactive ketones (excluding diaryl/α,β-unsaturated/α-hetero) is 2. The summed E-state index contributed by atoms with van der Waals surface area (Å²) >= 11 is 0. The van der Waals surface area contributed by atoms with Crippen LogP contribution in [0.3, 0.4) is 0 Å². The monoisotopic (exact) mass is 224 g/mol. The maximum atomic E-state index is 11.6. The van der Waals surface area contributed by atoms with Crippen LogP contribution in [0, 0.1) is 17.3 Å². The predicted octanol–water partition coefficient (Wildman–Crippen LogP) is 3.39. The van der Waals surface area contributed by atoms with Crippen molar-refractivity contribution in [2.75, 3.05) is 0 Å². The summed E-state index contributed by atoms with van der Waals surface area (Å²) in [6.45, 7) is 8.69. The van der Waals surface area contributed by atoms with Gasteiger partial charge in [0.05, 0.1) is 6.42 Å². The minimum atomic E-state index is -0.0330. The molecule has 1 fully saturated rings. The number of ketones is 2. The molecule has 0 bridgehead atoms. The predicted molar refractivity (Wildman–Crippen MR) is 65.2 cm³/mol. The maximum absolute atomic E-state index is 11.6. The zero-order valence-corrected chi connectivity index (χ0v) is 11.0. The van der Waals surface area contributed by atoms with Crippen molar-refractivity contribution in [1.82, 2.24) is 0 Å². The molecule has 92 valence electrons. The number of hydrogen-bond acceptors (Lipinski definition) is 2. The van der Waals surface area contributed by atoms with Crippen molar-refractivity contribution in [2.24, 2.45) is 17.3 Å². The van der Waals surface area contributed by atoms with Crippen molar-refractivity contribution >= 4 is 11.6 Å². The lowest BCUT2D eigenvalue weighted by molar-refractivity contribution is -0.135. The Labute approximate surface area is 98.8 Å². The summed E-state index contributed by atoms with van der Waals surface area (Å²) < 4.78 is 0. The molecule has 16 heavy (non-hydrogen) atoms. The Bertz CT molecular complexity index is 248. The Morgan fingerprint density at radius 1 is 0.938 bits per heavy atom. The van der Waals surface area contributed by atoms with Crippen LogP contribution in [-0.2, 0) is 9.59 Å². The molecule has 1 rings (SSSR count). The van der Waals surface area contributed by atoms with E-state index in [9.17, 15) is 9.59 Å². The molecule has 0 spiro atoms. The number of carbonyl (C=O) groups excluding carboxylic acids is 2. The van der Waals surface area contributed by atoms with Crippen molar-refractivity contribution in [1.29, 1.82) is 0 Å². The van der Waals surface area contributed by atoms with Crippen molar-refractivity contribution in [2.45, 2.75) is 59.8 Å². The normalized spacial score (nSPS) is 20.9. The molecule has 1 saturated carbocycles. The average Bonchev–Trinajstić information content (AvgIpc) is 1.95. The second-order valence-corrected chi connectivity index (χ2v) is 6.30. The van der Waals surface area contributed by atoms with Crippen LogP contribution in [0.5, 0.6) is 0 Å². The third-order valence-corrected chi connectivity index (χ3v) is 3.22. The second-order valence-electron chi connectivity index (χ2n) is 6.30. The summed E-state index contributed by atoms with van der Waals surface area (Å²) in [5, 5.41) is 0. The highest BCUT2D eigenvalue weighted by Crippen LogP contribution is 2.43. The van der Waals surface area contributed by atoms with Gasteiger partial charge in [0.25, 0.3) is 0 Å². The highest BCUT2D eigenvalue weighted by atomic mass is 16.1. The third kappa shape index (κ3) is 3.73. The van der Waals surface area contributed by atoms with Crippen LogP contribution in [0.1, 0.15) is 59.8 Å². The number of carbonyl (C=O) groups is 2. The third-order valence-electron chi connectivity index (χ3n) is 3.22. The molecule has 0 atom stereocenters. The van der Waals surface area contributed by atoms with E-state index in [0.29, 0.717) is 24.7 Å². The van der Waals surface area contributed by atoms with Crippen LogP contribution in [0.15, 0.2) is 0 Å². The van der Waals surface area contributed by atoms with Gasteiger partial charge in [0, 0.05) is 12.8 Å². The van der Waals surface area contributed by atoms with E-state index >= 15 is 0 Å². The molecule has 0 aromatic carbocycles. The van der Waals surface area contributed by atoms with E-state index in [1.165, 1.54) is 0 Å². The fraction of sp³-hybridized carbons (Fsp3) is 0.857. The lowest BCUT2D eigenvalue weighted by atomic mass is 9.65. The van der Waals surface area contributed by atoms with Gasteiger partial charge < -0.3 is 0 Å². The molecule has 2 heteroatoms. The summed E-state index contributed by atoms with van der Waals surface area (Å²) in [5.74, 6) is 1.41. The summed E-state index contributed by atoms with van der Waals surface area (Å²) in [6.07, 6.45) is 3.42. The lowest BCUT2D eigenvalue weighted by Gasteiger charge is -2.38. The van der Waals surface area contributed by atoms with E-state index in [1.54, 1.807) is 0 Å². The highest BCUT2D eigenvalue weighted by Gasteiger charge is 2.39. The molecule has 0 aromatic heterocycles. The van der Waals surface area contributed by atoms with Gasteiger partial charge in [-0.1, -0.05) is 27.7 Å². The molecule has 0 unspecified atom stereocenters. The molecule has 2 nitrogen and oxygen atoms in total. The Hall–Kier alpha value is -0.660. The largest absolute Gasteiger partial charge is 0.299 e. The zero-order chi connectivity index (χ0) is 12.3. The summed E-state index contributed by atoms with van der Waals surface area (Å²) in [4.78, 5) is 23.3. The van der Waals surface area contributed by atoms with Gasteiger partial charge in [0.15, 0.2) is 0 Å². The Morgan fingerprint density at radius 3 is 1.62 bits per heavy atom. The van der Waals surface area contributed by atoms with Crippen LogP contribution in [0.4, 0.5) is 0 Å². The molecule has 1 aliphatic rings. The van der Waals surface area contributed by atoms with Gasteiger partial charge in [0.1, 0.15) is 11.6 Å². The average molecular weight is 224 g/mol. The smallest absolute Gasteiger partial charge is 0.140 e. The molecule has 0 radical (unpaired) electrons. The van der Waals surface area contributed by atoms with Gasteiger partial charge in [-0.15, -0.1) is 0 Å². The van der Waals surface area contributed by atoms with Crippen LogP contribution in [0.25, 0.3) is 0 Å². The first-order valence-electron chi connectivity index (χ1n) is 6.36. The second kappa shape index (κ2) is 5.11. The van der Waals surface area contributed by atoms with Crippen molar-refractivity contribution in [3.8, 4) is 0 Å². The standard InChI is InChI=1S/C14H24O2/c1-10(2)6-14(7-11(3)4)8-12(15)5-13(16)9-14/h10-11H,5-9H2,1-4H3. The van der Waals surface area contributed by atoms with E-state index in [0.717, 1.165) is 12.8 Å².